The molecule has 0 saturated heterocycles. The molecule has 2 rings (SSSR count). The monoisotopic (exact) mass is 277 g/mol. The molecule has 6 heteroatoms. The quantitative estimate of drug-likeness (QED) is 0.649. The zero-order valence-corrected chi connectivity index (χ0v) is 11.2. The van der Waals surface area contributed by atoms with Crippen LogP contribution in [0.2, 0.25) is 0 Å². The molecule has 1 aliphatic carbocycles. The second-order valence-electron chi connectivity index (χ2n) is 4.79. The van der Waals surface area contributed by atoms with E-state index in [9.17, 15) is 9.59 Å². The molecule has 0 aliphatic heterocycles. The Morgan fingerprint density at radius 1 is 1.25 bits per heavy atom. The minimum absolute atomic E-state index is 0.0562. The summed E-state index contributed by atoms with van der Waals surface area (Å²) in [4.78, 5) is 22.2. The molecular formula is C14H19N3O3. The van der Waals surface area contributed by atoms with E-state index in [1.807, 2.05) is 0 Å². The van der Waals surface area contributed by atoms with Crippen molar-refractivity contribution < 1.29 is 14.3 Å². The molecule has 1 aromatic rings. The van der Waals surface area contributed by atoms with E-state index >= 15 is 0 Å². The van der Waals surface area contributed by atoms with Crippen LogP contribution in [0.5, 0.6) is 5.75 Å². The summed E-state index contributed by atoms with van der Waals surface area (Å²) in [5, 5.41) is 5.94. The van der Waals surface area contributed by atoms with Gasteiger partial charge in [-0.25, -0.2) is 0 Å². The lowest BCUT2D eigenvalue weighted by atomic mass is 10.3. The molecule has 0 spiro atoms. The Labute approximate surface area is 117 Å². The topological polar surface area (TPSA) is 93.5 Å². The third-order valence-corrected chi connectivity index (χ3v) is 2.88. The highest BCUT2D eigenvalue weighted by atomic mass is 16.5. The van der Waals surface area contributed by atoms with Crippen LogP contribution >= 0.6 is 0 Å². The Balaban J connectivity index is 1.72. The molecule has 6 nitrogen and oxygen atoms in total. The normalized spacial score (nSPS) is 13.8. The summed E-state index contributed by atoms with van der Waals surface area (Å²) in [5.74, 6) is 0.191. The van der Waals surface area contributed by atoms with Gasteiger partial charge in [0.1, 0.15) is 5.75 Å². The Hall–Kier alpha value is -2.08. The number of hydrogen-bond donors (Lipinski definition) is 3. The second-order valence-corrected chi connectivity index (χ2v) is 4.79. The molecule has 0 unspecified atom stereocenters. The maximum Gasteiger partial charge on any atom is 0.238 e. The summed E-state index contributed by atoms with van der Waals surface area (Å²) in [5.41, 5.74) is 5.73. The number of benzene rings is 1. The third kappa shape index (κ3) is 5.27. The third-order valence-electron chi connectivity index (χ3n) is 2.88. The first-order chi connectivity index (χ1) is 9.63. The lowest BCUT2D eigenvalue weighted by Crippen LogP contribution is -2.29. The largest absolute Gasteiger partial charge is 0.493 e. The van der Waals surface area contributed by atoms with E-state index in [1.54, 1.807) is 24.3 Å². The van der Waals surface area contributed by atoms with E-state index in [2.05, 4.69) is 10.6 Å². The molecule has 1 fully saturated rings. The number of nitrogens with one attached hydrogen (secondary N) is 2. The van der Waals surface area contributed by atoms with Crippen LogP contribution in [0.25, 0.3) is 0 Å². The van der Waals surface area contributed by atoms with E-state index < -0.39 is 5.91 Å². The van der Waals surface area contributed by atoms with Gasteiger partial charge in [-0.15, -0.1) is 0 Å². The first kappa shape index (κ1) is 14.3. The molecule has 0 heterocycles. The van der Waals surface area contributed by atoms with E-state index in [-0.39, 0.29) is 18.9 Å². The van der Waals surface area contributed by atoms with Crippen LogP contribution < -0.4 is 21.1 Å². The van der Waals surface area contributed by atoms with Crippen molar-refractivity contribution in [1.82, 2.24) is 5.32 Å². The Morgan fingerprint density at radius 2 is 1.95 bits per heavy atom. The fourth-order valence-electron chi connectivity index (χ4n) is 1.63. The van der Waals surface area contributed by atoms with Gasteiger partial charge in [-0.05, 0) is 37.1 Å². The fraction of sp³-hybridized carbons (Fsp3) is 0.429. The van der Waals surface area contributed by atoms with Gasteiger partial charge in [-0.2, -0.15) is 0 Å². The number of carbonyl (C=O) groups excluding carboxylic acids is 2. The van der Waals surface area contributed by atoms with Crippen molar-refractivity contribution in [2.75, 3.05) is 18.5 Å². The van der Waals surface area contributed by atoms with Crippen LogP contribution in [0.4, 0.5) is 5.69 Å². The average Bonchev–Trinajstić information content (AvgIpc) is 3.22. The lowest BCUT2D eigenvalue weighted by molar-refractivity contribution is -0.118. The summed E-state index contributed by atoms with van der Waals surface area (Å²) in [6.07, 6.45) is 2.50. The molecule has 1 saturated carbocycles. The zero-order valence-electron chi connectivity index (χ0n) is 11.2. The Morgan fingerprint density at radius 3 is 2.55 bits per heavy atom. The first-order valence-corrected chi connectivity index (χ1v) is 6.68. The minimum Gasteiger partial charge on any atom is -0.493 e. The molecule has 0 atom stereocenters. The van der Waals surface area contributed by atoms with Gasteiger partial charge in [0, 0.05) is 11.7 Å². The van der Waals surface area contributed by atoms with E-state index in [4.69, 9.17) is 10.5 Å². The van der Waals surface area contributed by atoms with Crippen molar-refractivity contribution in [1.29, 1.82) is 0 Å². The fourth-order valence-corrected chi connectivity index (χ4v) is 1.63. The number of hydrogen-bond acceptors (Lipinski definition) is 4. The van der Waals surface area contributed by atoms with Crippen LogP contribution in [0, 0.1) is 0 Å². The highest BCUT2D eigenvalue weighted by Crippen LogP contribution is 2.18. The van der Waals surface area contributed by atoms with Crippen LogP contribution in [-0.2, 0) is 9.59 Å². The van der Waals surface area contributed by atoms with E-state index in [0.717, 1.165) is 18.5 Å². The second kappa shape index (κ2) is 6.91. The Kier molecular flexibility index (Phi) is 4.95. The van der Waals surface area contributed by atoms with Gasteiger partial charge in [-0.3, -0.25) is 9.59 Å². The average molecular weight is 277 g/mol. The number of anilines is 1. The molecule has 0 aromatic heterocycles. The summed E-state index contributed by atoms with van der Waals surface area (Å²) in [6, 6.07) is 7.51. The van der Waals surface area contributed by atoms with Crippen molar-refractivity contribution in [3.8, 4) is 5.75 Å². The number of nitrogens with two attached hydrogens (primary N) is 1. The van der Waals surface area contributed by atoms with Crippen molar-refractivity contribution in [3.63, 3.8) is 0 Å². The maximum absolute atomic E-state index is 11.6. The molecule has 20 heavy (non-hydrogen) atoms. The van der Waals surface area contributed by atoms with Gasteiger partial charge in [-0.1, -0.05) is 0 Å². The summed E-state index contributed by atoms with van der Waals surface area (Å²) >= 11 is 0. The highest BCUT2D eigenvalue weighted by molar-refractivity contribution is 5.92. The molecule has 1 aromatic carbocycles. The number of amides is 2. The standard InChI is InChI=1S/C14H19N3O3/c15-13(18)7-8-20-12-5-3-11(4-6-12)17-14(19)9-16-10-1-2-10/h3-6,10,16H,1-2,7-9H2,(H2,15,18)(H,17,19). The van der Waals surface area contributed by atoms with Crippen molar-refractivity contribution in [2.45, 2.75) is 25.3 Å². The van der Waals surface area contributed by atoms with Gasteiger partial charge in [0.15, 0.2) is 0 Å². The number of carbonyl (C=O) groups is 2. The van der Waals surface area contributed by atoms with Crippen LogP contribution in [0.15, 0.2) is 24.3 Å². The van der Waals surface area contributed by atoms with Gasteiger partial charge in [0.25, 0.3) is 0 Å². The molecule has 2 amide bonds. The molecule has 4 N–H and O–H groups in total. The van der Waals surface area contributed by atoms with Gasteiger partial charge < -0.3 is 21.1 Å². The highest BCUT2D eigenvalue weighted by Gasteiger charge is 2.21. The van der Waals surface area contributed by atoms with Crippen LogP contribution in [-0.4, -0.2) is 31.0 Å². The SMILES string of the molecule is NC(=O)CCOc1ccc(NC(=O)CNC2CC2)cc1. The summed E-state index contributed by atoms with van der Waals surface area (Å²) in [7, 11) is 0. The van der Waals surface area contributed by atoms with Crippen LogP contribution in [0.1, 0.15) is 19.3 Å². The lowest BCUT2D eigenvalue weighted by Gasteiger charge is -2.08. The summed E-state index contributed by atoms with van der Waals surface area (Å²) < 4.78 is 5.34. The summed E-state index contributed by atoms with van der Waals surface area (Å²) in [6.45, 7) is 0.591. The molecule has 1 aliphatic rings. The molecule has 108 valence electrons. The molecular weight excluding hydrogens is 258 g/mol. The number of rotatable bonds is 8. The van der Waals surface area contributed by atoms with Crippen LogP contribution in [0.3, 0.4) is 0 Å². The number of ether oxygens (including phenoxy) is 1. The predicted octanol–water partition coefficient (Wildman–Crippen LogP) is 0.631. The predicted molar refractivity (Wildman–Crippen MR) is 75.4 cm³/mol. The maximum atomic E-state index is 11.6. The van der Waals surface area contributed by atoms with Crippen molar-refractivity contribution in [2.24, 2.45) is 5.73 Å². The molecule has 0 bridgehead atoms. The zero-order chi connectivity index (χ0) is 14.4. The van der Waals surface area contributed by atoms with Crippen molar-refractivity contribution in [3.05, 3.63) is 24.3 Å². The Bertz CT molecular complexity index is 469. The molecule has 0 radical (unpaired) electrons. The van der Waals surface area contributed by atoms with Gasteiger partial charge in [0.2, 0.25) is 11.8 Å². The smallest absolute Gasteiger partial charge is 0.238 e. The minimum atomic E-state index is -0.392. The van der Waals surface area contributed by atoms with Crippen molar-refractivity contribution >= 4 is 17.5 Å². The van der Waals surface area contributed by atoms with Gasteiger partial charge in [0.05, 0.1) is 19.6 Å². The van der Waals surface area contributed by atoms with Gasteiger partial charge >= 0.3 is 0 Å². The number of primary amides is 1. The van der Waals surface area contributed by atoms with E-state index in [1.165, 1.54) is 0 Å². The first-order valence-electron chi connectivity index (χ1n) is 6.68. The van der Waals surface area contributed by atoms with E-state index in [0.29, 0.717) is 18.3 Å².